The molecule has 1 N–H and O–H groups in total. The number of rotatable bonds is 8. The minimum Gasteiger partial charge on any atom is -0.383 e. The lowest BCUT2D eigenvalue weighted by molar-refractivity contribution is 0.0951. The predicted molar refractivity (Wildman–Crippen MR) is 75.5 cm³/mol. The normalized spacial score (nSPS) is 16.2. The van der Waals surface area contributed by atoms with Crippen molar-refractivity contribution in [2.24, 2.45) is 5.41 Å². The summed E-state index contributed by atoms with van der Waals surface area (Å²) in [7, 11) is 3.94. The molecule has 0 aromatic rings. The van der Waals surface area contributed by atoms with Gasteiger partial charge >= 0.3 is 0 Å². The quantitative estimate of drug-likeness (QED) is 0.709. The van der Waals surface area contributed by atoms with E-state index >= 15 is 0 Å². The van der Waals surface area contributed by atoms with E-state index in [4.69, 9.17) is 4.74 Å². The molecule has 0 heterocycles. The van der Waals surface area contributed by atoms with Gasteiger partial charge in [0.2, 0.25) is 0 Å². The fourth-order valence-electron chi connectivity index (χ4n) is 1.80. The highest BCUT2D eigenvalue weighted by atomic mass is 16.5. The second-order valence-electron chi connectivity index (χ2n) is 6.12. The summed E-state index contributed by atoms with van der Waals surface area (Å²) in [6, 6.07) is 0.986. The minimum atomic E-state index is 0.288. The van der Waals surface area contributed by atoms with Crippen LogP contribution >= 0.6 is 0 Å². The molecule has 104 valence electrons. The van der Waals surface area contributed by atoms with Crippen LogP contribution in [-0.2, 0) is 4.74 Å². The fraction of sp³-hybridized carbons (Fsp3) is 1.00. The van der Waals surface area contributed by atoms with Crippen molar-refractivity contribution >= 4 is 0 Å². The molecule has 0 spiro atoms. The maximum absolute atomic E-state index is 5.21. The van der Waals surface area contributed by atoms with Gasteiger partial charge in [-0.15, -0.1) is 0 Å². The molecule has 17 heavy (non-hydrogen) atoms. The van der Waals surface area contributed by atoms with Gasteiger partial charge < -0.3 is 10.1 Å². The molecule has 0 aromatic heterocycles. The molecule has 3 heteroatoms. The van der Waals surface area contributed by atoms with Gasteiger partial charge in [-0.05, 0) is 32.4 Å². The first kappa shape index (κ1) is 16.9. The van der Waals surface area contributed by atoms with Crippen LogP contribution in [0.5, 0.6) is 0 Å². The molecule has 3 nitrogen and oxygen atoms in total. The summed E-state index contributed by atoms with van der Waals surface area (Å²) in [6.45, 7) is 14.3. The van der Waals surface area contributed by atoms with Crippen LogP contribution in [0.15, 0.2) is 0 Å². The number of hydrogen-bond donors (Lipinski definition) is 1. The van der Waals surface area contributed by atoms with Crippen molar-refractivity contribution < 1.29 is 4.74 Å². The molecule has 0 rings (SSSR count). The Balaban J connectivity index is 4.32. The van der Waals surface area contributed by atoms with Crippen LogP contribution < -0.4 is 5.32 Å². The van der Waals surface area contributed by atoms with E-state index in [1.54, 1.807) is 7.11 Å². The van der Waals surface area contributed by atoms with Crippen molar-refractivity contribution in [1.82, 2.24) is 10.2 Å². The zero-order valence-corrected chi connectivity index (χ0v) is 12.8. The Kier molecular flexibility index (Phi) is 8.01. The van der Waals surface area contributed by atoms with E-state index in [1.165, 1.54) is 6.42 Å². The largest absolute Gasteiger partial charge is 0.383 e. The van der Waals surface area contributed by atoms with Crippen molar-refractivity contribution in [3.05, 3.63) is 0 Å². The molecule has 2 unspecified atom stereocenters. The summed E-state index contributed by atoms with van der Waals surface area (Å²) in [4.78, 5) is 2.38. The van der Waals surface area contributed by atoms with E-state index in [9.17, 15) is 0 Å². The van der Waals surface area contributed by atoms with Gasteiger partial charge in [0.25, 0.3) is 0 Å². The smallest absolute Gasteiger partial charge is 0.0615 e. The number of hydrogen-bond acceptors (Lipinski definition) is 3. The number of nitrogens with one attached hydrogen (secondary N) is 1. The molecular weight excluding hydrogens is 212 g/mol. The third-order valence-electron chi connectivity index (χ3n) is 3.32. The Bertz CT molecular complexity index is 189. The summed E-state index contributed by atoms with van der Waals surface area (Å²) in [5.74, 6) is 0. The average molecular weight is 244 g/mol. The molecule has 0 fully saturated rings. The standard InChI is InChI=1S/C14H32N2O/c1-8-9-15-13(14(3,4)5)10-16(6)12(2)11-17-7/h12-13,15H,8-11H2,1-7H3. The van der Waals surface area contributed by atoms with Crippen LogP contribution in [0.2, 0.25) is 0 Å². The molecular formula is C14H32N2O. The van der Waals surface area contributed by atoms with Gasteiger partial charge in [-0.25, -0.2) is 0 Å². The molecule has 0 aliphatic carbocycles. The van der Waals surface area contributed by atoms with Gasteiger partial charge in [0.1, 0.15) is 0 Å². The van der Waals surface area contributed by atoms with Crippen LogP contribution in [0.1, 0.15) is 41.0 Å². The van der Waals surface area contributed by atoms with E-state index < -0.39 is 0 Å². The second kappa shape index (κ2) is 8.06. The Morgan fingerprint density at radius 3 is 2.29 bits per heavy atom. The molecule has 0 saturated heterocycles. The number of likely N-dealkylation sites (N-methyl/N-ethyl adjacent to an activating group) is 1. The summed E-state index contributed by atoms with van der Waals surface area (Å²) in [5, 5.41) is 3.65. The summed E-state index contributed by atoms with van der Waals surface area (Å²) in [5.41, 5.74) is 0.288. The minimum absolute atomic E-state index is 0.288. The van der Waals surface area contributed by atoms with Gasteiger partial charge in [0.05, 0.1) is 6.61 Å². The predicted octanol–water partition coefficient (Wildman–Crippen LogP) is 2.37. The van der Waals surface area contributed by atoms with Gasteiger partial charge in [0, 0.05) is 25.7 Å². The first-order valence-corrected chi connectivity index (χ1v) is 6.75. The molecule has 0 aliphatic heterocycles. The van der Waals surface area contributed by atoms with Crippen LogP contribution in [0, 0.1) is 5.41 Å². The first-order valence-electron chi connectivity index (χ1n) is 6.75. The molecule has 0 saturated carbocycles. The molecule has 0 radical (unpaired) electrons. The highest BCUT2D eigenvalue weighted by molar-refractivity contribution is 4.83. The maximum atomic E-state index is 5.21. The molecule has 0 aromatic carbocycles. The first-order chi connectivity index (χ1) is 7.82. The van der Waals surface area contributed by atoms with Gasteiger partial charge in [-0.2, -0.15) is 0 Å². The topological polar surface area (TPSA) is 24.5 Å². The van der Waals surface area contributed by atoms with Crippen molar-refractivity contribution in [2.45, 2.75) is 53.1 Å². The van der Waals surface area contributed by atoms with Crippen molar-refractivity contribution in [1.29, 1.82) is 0 Å². The Labute approximate surface area is 108 Å². The lowest BCUT2D eigenvalue weighted by atomic mass is 9.86. The van der Waals surface area contributed by atoms with Gasteiger partial charge in [-0.1, -0.05) is 27.7 Å². The second-order valence-corrected chi connectivity index (χ2v) is 6.12. The average Bonchev–Trinajstić information content (AvgIpc) is 2.22. The van der Waals surface area contributed by atoms with Crippen LogP contribution in [0.25, 0.3) is 0 Å². The third-order valence-corrected chi connectivity index (χ3v) is 3.32. The number of methoxy groups -OCH3 is 1. The zero-order chi connectivity index (χ0) is 13.5. The van der Waals surface area contributed by atoms with Gasteiger partial charge in [-0.3, -0.25) is 4.90 Å². The summed E-state index contributed by atoms with van der Waals surface area (Å²) < 4.78 is 5.21. The molecule has 2 atom stereocenters. The van der Waals surface area contributed by atoms with E-state index in [-0.39, 0.29) is 5.41 Å². The number of ether oxygens (including phenoxy) is 1. The summed E-state index contributed by atoms with van der Waals surface area (Å²) in [6.07, 6.45) is 1.18. The highest BCUT2D eigenvalue weighted by Gasteiger charge is 2.26. The molecule has 0 amide bonds. The van der Waals surface area contributed by atoms with E-state index in [0.29, 0.717) is 12.1 Å². The highest BCUT2D eigenvalue weighted by Crippen LogP contribution is 2.20. The van der Waals surface area contributed by atoms with E-state index in [0.717, 1.165) is 19.7 Å². The fourth-order valence-corrected chi connectivity index (χ4v) is 1.80. The summed E-state index contributed by atoms with van der Waals surface area (Å²) >= 11 is 0. The molecule has 0 aliphatic rings. The number of nitrogens with zero attached hydrogens (tertiary/aromatic N) is 1. The Hall–Kier alpha value is -0.120. The van der Waals surface area contributed by atoms with Crippen LogP contribution in [-0.4, -0.2) is 50.8 Å². The lowest BCUT2D eigenvalue weighted by Crippen LogP contribution is -2.50. The maximum Gasteiger partial charge on any atom is 0.0615 e. The van der Waals surface area contributed by atoms with Crippen molar-refractivity contribution in [3.63, 3.8) is 0 Å². The SMILES string of the molecule is CCCNC(CN(C)C(C)COC)C(C)(C)C. The van der Waals surface area contributed by atoms with E-state index in [1.807, 2.05) is 0 Å². The lowest BCUT2D eigenvalue weighted by Gasteiger charge is -2.36. The van der Waals surface area contributed by atoms with Gasteiger partial charge in [0.15, 0.2) is 0 Å². The van der Waals surface area contributed by atoms with Crippen molar-refractivity contribution in [3.8, 4) is 0 Å². The van der Waals surface area contributed by atoms with Crippen molar-refractivity contribution in [2.75, 3.05) is 33.9 Å². The van der Waals surface area contributed by atoms with Crippen LogP contribution in [0.4, 0.5) is 0 Å². The molecule has 0 bridgehead atoms. The Morgan fingerprint density at radius 2 is 1.88 bits per heavy atom. The van der Waals surface area contributed by atoms with Crippen LogP contribution in [0.3, 0.4) is 0 Å². The zero-order valence-electron chi connectivity index (χ0n) is 12.8. The monoisotopic (exact) mass is 244 g/mol. The van der Waals surface area contributed by atoms with E-state index in [2.05, 4.69) is 51.9 Å². The Morgan fingerprint density at radius 1 is 1.29 bits per heavy atom. The third kappa shape index (κ3) is 7.02.